The van der Waals surface area contributed by atoms with Gasteiger partial charge in [0.1, 0.15) is 30.0 Å². The van der Waals surface area contributed by atoms with Gasteiger partial charge in [-0.1, -0.05) is 45.0 Å². The van der Waals surface area contributed by atoms with Crippen LogP contribution in [0.15, 0.2) is 30.5 Å². The van der Waals surface area contributed by atoms with E-state index in [0.717, 1.165) is 11.3 Å². The number of ether oxygens (including phenoxy) is 5. The van der Waals surface area contributed by atoms with Gasteiger partial charge in [-0.3, -0.25) is 24.5 Å². The molecule has 18 atom stereocenters. The molecular formula is C51H87N7O13. The first-order chi connectivity index (χ1) is 33.3. The number of aryl methyl sites for hydroxylation is 2. The number of nitro benzene ring substituents is 1. The number of methoxy groups -OCH3 is 1. The summed E-state index contributed by atoms with van der Waals surface area (Å²) in [7, 11) is 3.45. The van der Waals surface area contributed by atoms with Crippen molar-refractivity contribution in [2.24, 2.45) is 29.4 Å². The summed E-state index contributed by atoms with van der Waals surface area (Å²) in [4.78, 5) is 29.5. The molecule has 3 aliphatic heterocycles. The molecule has 3 saturated heterocycles. The number of hydrogen-bond donors (Lipinski definition) is 6. The Morgan fingerprint density at radius 3 is 2.28 bits per heavy atom. The first kappa shape index (κ1) is 58.6. The van der Waals surface area contributed by atoms with E-state index in [-0.39, 0.29) is 37.0 Å². The zero-order valence-electron chi connectivity index (χ0n) is 44.3. The molecule has 0 spiro atoms. The number of non-ortho nitro benzene ring substituents is 1. The fourth-order valence-electron chi connectivity index (χ4n) is 11.7. The second kappa shape index (κ2) is 24.9. The van der Waals surface area contributed by atoms with Crippen LogP contribution in [0.2, 0.25) is 0 Å². The lowest BCUT2D eigenvalue weighted by molar-refractivity contribution is -0.384. The lowest BCUT2D eigenvalue weighted by Gasteiger charge is -2.51. The van der Waals surface area contributed by atoms with Gasteiger partial charge in [-0.15, -0.1) is 5.10 Å². The number of nitrogens with zero attached hydrogens (tertiary/aromatic N) is 6. The second-order valence-corrected chi connectivity index (χ2v) is 21.9. The molecule has 0 amide bonds. The van der Waals surface area contributed by atoms with Crippen LogP contribution < -0.4 is 5.73 Å². The van der Waals surface area contributed by atoms with Crippen LogP contribution in [0.1, 0.15) is 113 Å². The third-order valence-corrected chi connectivity index (χ3v) is 16.0. The minimum Gasteiger partial charge on any atom is -0.459 e. The second-order valence-electron chi connectivity index (χ2n) is 21.9. The first-order valence-electron chi connectivity index (χ1n) is 25.8. The van der Waals surface area contributed by atoms with E-state index < -0.39 is 107 Å². The normalized spacial score (nSPS) is 39.4. The largest absolute Gasteiger partial charge is 0.459 e. The highest BCUT2D eigenvalue weighted by Crippen LogP contribution is 2.45. The predicted octanol–water partition coefficient (Wildman–Crippen LogP) is 3.25. The summed E-state index contributed by atoms with van der Waals surface area (Å²) in [5, 5.41) is 80.4. The van der Waals surface area contributed by atoms with Crippen molar-refractivity contribution in [1.82, 2.24) is 24.8 Å². The molecule has 3 fully saturated rings. The molecule has 3 aliphatic rings. The highest BCUT2D eigenvalue weighted by molar-refractivity contribution is 5.73. The summed E-state index contributed by atoms with van der Waals surface area (Å²) in [6.07, 6.45) is -4.02. The number of nitrogens with two attached hydrogens (primary N) is 1. The van der Waals surface area contributed by atoms with Crippen molar-refractivity contribution in [3.63, 3.8) is 0 Å². The van der Waals surface area contributed by atoms with Crippen molar-refractivity contribution < 1.29 is 58.9 Å². The van der Waals surface area contributed by atoms with Crippen molar-refractivity contribution in [3.8, 4) is 0 Å². The Morgan fingerprint density at radius 2 is 1.66 bits per heavy atom. The zero-order chi connectivity index (χ0) is 52.7. The van der Waals surface area contributed by atoms with Crippen LogP contribution >= 0.6 is 0 Å². The maximum absolute atomic E-state index is 14.7. The summed E-state index contributed by atoms with van der Waals surface area (Å²) in [5.41, 5.74) is 3.17. The van der Waals surface area contributed by atoms with Gasteiger partial charge >= 0.3 is 5.97 Å². The molecule has 1 unspecified atom stereocenters. The summed E-state index contributed by atoms with van der Waals surface area (Å²) in [6, 6.07) is 5.41. The number of likely N-dealkylation sites (N-methyl/N-ethyl adjacent to an activating group) is 1. The minimum atomic E-state index is -1.85. The number of nitro groups is 1. The highest BCUT2D eigenvalue weighted by Gasteiger charge is 2.55. The van der Waals surface area contributed by atoms with Gasteiger partial charge in [-0.2, -0.15) is 0 Å². The predicted molar refractivity (Wildman–Crippen MR) is 265 cm³/mol. The smallest absolute Gasteiger partial charge is 0.309 e. The fourth-order valence-corrected chi connectivity index (χ4v) is 11.7. The quantitative estimate of drug-likeness (QED) is 0.0800. The fraction of sp³-hybridized carbons (Fsp3) is 0.824. The Kier molecular flexibility index (Phi) is 20.5. The average Bonchev–Trinajstić information content (AvgIpc) is 3.78. The Hall–Kier alpha value is -3.25. The van der Waals surface area contributed by atoms with E-state index in [1.54, 1.807) is 51.4 Å². The van der Waals surface area contributed by atoms with Crippen molar-refractivity contribution in [1.29, 1.82) is 0 Å². The number of aliphatic hydroxyl groups excluding tert-OH is 3. The molecule has 0 saturated carbocycles. The molecule has 0 aliphatic carbocycles. The standard InChI is InChI=1S/C51H87N7O13/c1-13-41-51(10,64)44(60)34(6)56(22-14-21-52)28-30(2)26-49(8,63)46(32(4)42(33(5)47(62)70-41)40-27-50(9,67-12)45(61)35(7)69-40)71-48-43(59)39(25-31(3)68-48)55(11)23-20-37-29-57(54-53-37)24-19-36-15-17-38(18-16-36)58(65)66/h15-18,29-35,39-46,48,59-61,63-64H,13-14,19-28,52H2,1-12H3/t30-,31-,32+,33-,34-,35+,39+,40-,41-,42?,43-,44-,45+,46-,48+,49-,50-,51-/m1/s1. The van der Waals surface area contributed by atoms with Crippen LogP contribution in [0.5, 0.6) is 0 Å². The van der Waals surface area contributed by atoms with E-state index >= 15 is 0 Å². The lowest BCUT2D eigenvalue weighted by Crippen LogP contribution is -2.62. The van der Waals surface area contributed by atoms with Gasteiger partial charge < -0.3 is 59.9 Å². The van der Waals surface area contributed by atoms with E-state index in [1.807, 2.05) is 40.9 Å². The first-order valence-corrected chi connectivity index (χ1v) is 25.8. The number of aromatic nitrogens is 3. The third-order valence-electron chi connectivity index (χ3n) is 16.0. The lowest BCUT2D eigenvalue weighted by atomic mass is 9.68. The van der Waals surface area contributed by atoms with E-state index in [9.17, 15) is 40.4 Å². The van der Waals surface area contributed by atoms with Gasteiger partial charge in [0.05, 0.1) is 52.2 Å². The summed E-state index contributed by atoms with van der Waals surface area (Å²) >= 11 is 0. The maximum Gasteiger partial charge on any atom is 0.309 e. The molecule has 2 aromatic rings. The Bertz CT molecular complexity index is 1990. The number of benzene rings is 1. The summed E-state index contributed by atoms with van der Waals surface area (Å²) in [5.74, 6) is -3.27. The zero-order valence-corrected chi connectivity index (χ0v) is 44.3. The highest BCUT2D eigenvalue weighted by atomic mass is 16.7. The molecule has 1 aromatic heterocycles. The topological polar surface area (TPSA) is 271 Å². The molecule has 404 valence electrons. The Morgan fingerprint density at radius 1 is 0.986 bits per heavy atom. The van der Waals surface area contributed by atoms with Crippen LogP contribution in [0.4, 0.5) is 5.69 Å². The number of carbonyl (C=O) groups excluding carboxylic acids is 1. The number of carbonyl (C=O) groups is 1. The number of aliphatic hydroxyl groups is 5. The minimum absolute atomic E-state index is 0.0380. The Labute approximate surface area is 420 Å². The monoisotopic (exact) mass is 1010 g/mol. The summed E-state index contributed by atoms with van der Waals surface area (Å²) < 4.78 is 34.0. The number of rotatable bonds is 16. The molecule has 4 heterocycles. The van der Waals surface area contributed by atoms with Crippen LogP contribution in [0.3, 0.4) is 0 Å². The van der Waals surface area contributed by atoms with Crippen LogP contribution in [-0.2, 0) is 47.9 Å². The van der Waals surface area contributed by atoms with Gasteiger partial charge in [-0.05, 0) is 111 Å². The molecule has 71 heavy (non-hydrogen) atoms. The van der Waals surface area contributed by atoms with Gasteiger partial charge in [0.25, 0.3) is 5.69 Å². The SMILES string of the molecule is CC[C@H]1OC(=O)[C@H](C)C([C@H]2C[C@@](C)(OC)[C@@H](O)[C@H](C)O2)[C@H](C)[C@@H](O[C@@H]2O[C@H](C)C[C@H](N(C)CCc3cn(CCc4ccc([N+](=O)[O-])cc4)nn3)[C@H]2O)[C@](C)(O)C[C@@H](C)CN(CCCN)[C@H](C)[C@@H](O)[C@]1(C)O. The van der Waals surface area contributed by atoms with E-state index in [1.165, 1.54) is 26.2 Å². The molecular weight excluding hydrogens is 919 g/mol. The van der Waals surface area contributed by atoms with Crippen LogP contribution in [0.25, 0.3) is 0 Å². The summed E-state index contributed by atoms with van der Waals surface area (Å²) in [6.45, 7) is 20.3. The molecule has 1 aromatic carbocycles. The van der Waals surface area contributed by atoms with Gasteiger partial charge in [0.2, 0.25) is 0 Å². The Balaban J connectivity index is 1.46. The van der Waals surface area contributed by atoms with Crippen LogP contribution in [0, 0.1) is 33.8 Å². The van der Waals surface area contributed by atoms with Crippen molar-refractivity contribution in [2.45, 2.75) is 205 Å². The molecule has 20 heteroatoms. The maximum atomic E-state index is 14.7. The number of esters is 1. The van der Waals surface area contributed by atoms with E-state index in [0.29, 0.717) is 58.4 Å². The van der Waals surface area contributed by atoms with Crippen molar-refractivity contribution in [2.75, 3.05) is 40.3 Å². The number of cyclic esters (lactones) is 1. The van der Waals surface area contributed by atoms with Crippen LogP contribution in [-0.4, -0.2) is 186 Å². The van der Waals surface area contributed by atoms with E-state index in [2.05, 4.69) is 20.1 Å². The average molecular weight is 1010 g/mol. The van der Waals surface area contributed by atoms with Gasteiger partial charge in [-0.25, -0.2) is 0 Å². The molecule has 0 bridgehead atoms. The third kappa shape index (κ3) is 14.1. The molecule has 20 nitrogen and oxygen atoms in total. The van der Waals surface area contributed by atoms with Gasteiger partial charge in [0.15, 0.2) is 6.29 Å². The van der Waals surface area contributed by atoms with Crippen molar-refractivity contribution >= 4 is 11.7 Å². The molecule has 0 radical (unpaired) electrons. The number of hydrogen-bond acceptors (Lipinski definition) is 18. The molecule has 7 N–H and O–H groups in total. The van der Waals surface area contributed by atoms with Gasteiger partial charge in [0, 0.05) is 75.9 Å². The van der Waals surface area contributed by atoms with Crippen molar-refractivity contribution in [3.05, 3.63) is 51.8 Å². The van der Waals surface area contributed by atoms with E-state index in [4.69, 9.17) is 29.4 Å². The molecule has 5 rings (SSSR count).